The molecule has 6 nitrogen and oxygen atoms in total. The van der Waals surface area contributed by atoms with Crippen LogP contribution in [-0.2, 0) is 16.0 Å². The van der Waals surface area contributed by atoms with Crippen molar-refractivity contribution in [3.05, 3.63) is 46.2 Å². The van der Waals surface area contributed by atoms with Crippen molar-refractivity contribution < 1.29 is 18.8 Å². The topological polar surface area (TPSA) is 81.4 Å². The average Bonchev–Trinajstić information content (AvgIpc) is 2.85. The van der Waals surface area contributed by atoms with Crippen molar-refractivity contribution in [1.82, 2.24) is 5.16 Å². The number of aromatic nitrogens is 1. The van der Waals surface area contributed by atoms with Crippen molar-refractivity contribution in [2.75, 3.05) is 5.32 Å². The molecule has 0 unspecified atom stereocenters. The van der Waals surface area contributed by atoms with E-state index < -0.39 is 17.5 Å². The van der Waals surface area contributed by atoms with Gasteiger partial charge in [-0.05, 0) is 31.5 Å². The number of carbonyl (C=O) groups excluding carboxylic acids is 2. The number of nitrogens with one attached hydrogen (secondary N) is 1. The van der Waals surface area contributed by atoms with E-state index in [1.165, 1.54) is 6.07 Å². The molecule has 1 aromatic carbocycles. The van der Waals surface area contributed by atoms with Gasteiger partial charge in [-0.3, -0.25) is 4.79 Å². The van der Waals surface area contributed by atoms with Crippen molar-refractivity contribution in [3.8, 4) is 0 Å². The minimum atomic E-state index is -1.31. The summed E-state index contributed by atoms with van der Waals surface area (Å²) in [5.74, 6) is -0.185. The first-order valence-corrected chi connectivity index (χ1v) is 7.02. The van der Waals surface area contributed by atoms with Crippen LogP contribution in [0, 0.1) is 6.92 Å². The Bertz CT molecular complexity index is 771. The molecule has 2 heterocycles. The molecule has 22 heavy (non-hydrogen) atoms. The molecule has 0 fully saturated rings. The lowest BCUT2D eigenvalue weighted by Crippen LogP contribution is -2.49. The van der Waals surface area contributed by atoms with Gasteiger partial charge in [-0.15, -0.1) is 0 Å². The smallest absolute Gasteiger partial charge is 0.339 e. The lowest BCUT2D eigenvalue weighted by molar-refractivity contribution is -0.134. The van der Waals surface area contributed by atoms with E-state index in [0.717, 1.165) is 5.56 Å². The third-order valence-corrected chi connectivity index (χ3v) is 3.72. The highest BCUT2D eigenvalue weighted by atomic mass is 35.5. The first-order chi connectivity index (χ1) is 10.4. The van der Waals surface area contributed by atoms with Gasteiger partial charge in [0.1, 0.15) is 5.76 Å². The van der Waals surface area contributed by atoms with E-state index in [-0.39, 0.29) is 12.2 Å². The van der Waals surface area contributed by atoms with Crippen molar-refractivity contribution in [2.24, 2.45) is 0 Å². The first kappa shape index (κ1) is 14.6. The average molecular weight is 321 g/mol. The number of cyclic esters (lactones) is 1. The Morgan fingerprint density at radius 3 is 2.86 bits per heavy atom. The van der Waals surface area contributed by atoms with Crippen molar-refractivity contribution >= 4 is 29.3 Å². The molecule has 0 aliphatic carbocycles. The van der Waals surface area contributed by atoms with Gasteiger partial charge in [0, 0.05) is 17.5 Å². The van der Waals surface area contributed by atoms with E-state index in [0.29, 0.717) is 16.3 Å². The Morgan fingerprint density at radius 2 is 2.18 bits per heavy atom. The zero-order valence-corrected chi connectivity index (χ0v) is 12.7. The predicted octanol–water partition coefficient (Wildman–Crippen LogP) is 2.75. The van der Waals surface area contributed by atoms with Gasteiger partial charge in [0.25, 0.3) is 5.91 Å². The molecule has 1 amide bonds. The molecule has 1 aromatic heterocycles. The quantitative estimate of drug-likeness (QED) is 0.860. The maximum Gasteiger partial charge on any atom is 0.339 e. The van der Waals surface area contributed by atoms with Crippen LogP contribution in [0.2, 0.25) is 5.02 Å². The number of fused-ring (bicyclic) bond motifs is 1. The number of amides is 1. The van der Waals surface area contributed by atoms with Crippen LogP contribution in [-0.4, -0.2) is 22.6 Å². The highest BCUT2D eigenvalue weighted by Gasteiger charge is 2.43. The SMILES string of the molecule is Cc1cc(NC(=O)[C@]2(C)Cc3ccc(Cl)cc3C(=O)O2)no1. The highest BCUT2D eigenvalue weighted by molar-refractivity contribution is 6.31. The van der Waals surface area contributed by atoms with E-state index in [4.69, 9.17) is 20.9 Å². The molecule has 1 atom stereocenters. The molecular weight excluding hydrogens is 308 g/mol. The second kappa shape index (κ2) is 5.14. The van der Waals surface area contributed by atoms with Gasteiger partial charge in [-0.1, -0.05) is 22.8 Å². The number of nitrogens with zero attached hydrogens (tertiary/aromatic N) is 1. The summed E-state index contributed by atoms with van der Waals surface area (Å²) >= 11 is 5.88. The largest absolute Gasteiger partial charge is 0.445 e. The monoisotopic (exact) mass is 320 g/mol. The van der Waals surface area contributed by atoms with Gasteiger partial charge in [-0.25, -0.2) is 4.79 Å². The molecule has 7 heteroatoms. The Labute approximate surface area is 131 Å². The molecule has 0 bridgehead atoms. The lowest BCUT2D eigenvalue weighted by atomic mass is 9.89. The van der Waals surface area contributed by atoms with Crippen molar-refractivity contribution in [2.45, 2.75) is 25.9 Å². The standard InChI is InChI=1S/C15H13ClN2O4/c1-8-5-12(18-22-8)17-14(20)15(2)7-9-3-4-10(16)6-11(9)13(19)21-15/h3-6H,7H2,1-2H3,(H,17,18,20)/t15-/m0/s1. The summed E-state index contributed by atoms with van der Waals surface area (Å²) in [7, 11) is 0. The fraction of sp³-hybridized carbons (Fsp3) is 0.267. The lowest BCUT2D eigenvalue weighted by Gasteiger charge is -2.32. The number of hydrogen-bond acceptors (Lipinski definition) is 5. The number of benzene rings is 1. The zero-order valence-electron chi connectivity index (χ0n) is 12.0. The van der Waals surface area contributed by atoms with Crippen LogP contribution in [0.3, 0.4) is 0 Å². The molecule has 2 aromatic rings. The van der Waals surface area contributed by atoms with Gasteiger partial charge in [-0.2, -0.15) is 0 Å². The van der Waals surface area contributed by atoms with Gasteiger partial charge < -0.3 is 14.6 Å². The summed E-state index contributed by atoms with van der Waals surface area (Å²) < 4.78 is 10.2. The van der Waals surface area contributed by atoms with Gasteiger partial charge in [0.2, 0.25) is 0 Å². The molecule has 0 saturated heterocycles. The third kappa shape index (κ3) is 2.57. The van der Waals surface area contributed by atoms with E-state index in [9.17, 15) is 9.59 Å². The number of rotatable bonds is 2. The van der Waals surface area contributed by atoms with Crippen LogP contribution in [0.15, 0.2) is 28.8 Å². The minimum Gasteiger partial charge on any atom is -0.445 e. The number of aryl methyl sites for hydroxylation is 1. The summed E-state index contributed by atoms with van der Waals surface area (Å²) in [6, 6.07) is 6.53. The highest BCUT2D eigenvalue weighted by Crippen LogP contribution is 2.30. The Morgan fingerprint density at radius 1 is 1.41 bits per heavy atom. The number of carbonyl (C=O) groups is 2. The van der Waals surface area contributed by atoms with E-state index >= 15 is 0 Å². The number of ether oxygens (including phenoxy) is 1. The number of anilines is 1. The molecular formula is C15H13ClN2O4. The second-order valence-electron chi connectivity index (χ2n) is 5.38. The fourth-order valence-electron chi connectivity index (χ4n) is 2.35. The van der Waals surface area contributed by atoms with E-state index in [1.54, 1.807) is 32.0 Å². The molecule has 1 N–H and O–H groups in total. The number of esters is 1. The normalized spacial score (nSPS) is 20.2. The van der Waals surface area contributed by atoms with Crippen molar-refractivity contribution in [3.63, 3.8) is 0 Å². The Hall–Kier alpha value is -2.34. The third-order valence-electron chi connectivity index (χ3n) is 3.49. The summed E-state index contributed by atoms with van der Waals surface area (Å²) in [6.45, 7) is 3.27. The van der Waals surface area contributed by atoms with Gasteiger partial charge in [0.15, 0.2) is 11.4 Å². The van der Waals surface area contributed by atoms with Crippen molar-refractivity contribution in [1.29, 1.82) is 0 Å². The van der Waals surface area contributed by atoms with Crippen LogP contribution in [0.5, 0.6) is 0 Å². The van der Waals surface area contributed by atoms with Crippen LogP contribution in [0.25, 0.3) is 0 Å². The zero-order chi connectivity index (χ0) is 15.9. The van der Waals surface area contributed by atoms with Crippen LogP contribution in [0.1, 0.15) is 28.6 Å². The number of halogens is 1. The molecule has 114 valence electrons. The molecule has 0 spiro atoms. The van der Waals surface area contributed by atoms with Gasteiger partial charge in [0.05, 0.1) is 5.56 Å². The molecule has 1 aliphatic heterocycles. The number of hydrogen-bond donors (Lipinski definition) is 1. The van der Waals surface area contributed by atoms with E-state index in [1.807, 2.05) is 0 Å². The molecule has 0 saturated carbocycles. The molecule has 1 aliphatic rings. The first-order valence-electron chi connectivity index (χ1n) is 6.64. The van der Waals surface area contributed by atoms with E-state index in [2.05, 4.69) is 10.5 Å². The second-order valence-corrected chi connectivity index (χ2v) is 5.81. The van der Waals surface area contributed by atoms with Crippen LogP contribution >= 0.6 is 11.6 Å². The maximum absolute atomic E-state index is 12.4. The summed E-state index contributed by atoms with van der Waals surface area (Å²) in [5.41, 5.74) is -0.213. The fourth-order valence-corrected chi connectivity index (χ4v) is 2.52. The summed E-state index contributed by atoms with van der Waals surface area (Å²) in [4.78, 5) is 24.5. The minimum absolute atomic E-state index is 0.258. The van der Waals surface area contributed by atoms with Gasteiger partial charge >= 0.3 is 5.97 Å². The Balaban J connectivity index is 1.86. The summed E-state index contributed by atoms with van der Waals surface area (Å²) in [6.07, 6.45) is 0.258. The maximum atomic E-state index is 12.4. The van der Waals surface area contributed by atoms with Crippen LogP contribution in [0.4, 0.5) is 5.82 Å². The predicted molar refractivity (Wildman–Crippen MR) is 78.8 cm³/mol. The summed E-state index contributed by atoms with van der Waals surface area (Å²) in [5, 5.41) is 6.73. The molecule has 0 radical (unpaired) electrons. The Kier molecular flexibility index (Phi) is 3.41. The molecule has 3 rings (SSSR count). The van der Waals surface area contributed by atoms with Crippen LogP contribution < -0.4 is 5.32 Å².